The van der Waals surface area contributed by atoms with E-state index in [1.165, 1.54) is 47.3 Å². The third kappa shape index (κ3) is 6.13. The number of hydrogen-bond acceptors (Lipinski definition) is 7. The molecule has 0 saturated heterocycles. The number of aliphatic hydroxyl groups excluding tert-OH is 1. The van der Waals surface area contributed by atoms with Crippen molar-refractivity contribution in [3.8, 4) is 11.6 Å². The minimum absolute atomic E-state index is 0.0176. The first kappa shape index (κ1) is 28.2. The van der Waals surface area contributed by atoms with Crippen molar-refractivity contribution in [1.82, 2.24) is 20.1 Å². The monoisotopic (exact) mass is 536 g/mol. The zero-order chi connectivity index (χ0) is 27.5. The summed E-state index contributed by atoms with van der Waals surface area (Å²) in [5.74, 6) is -0.740. The molecule has 1 unspecified atom stereocenters. The molecule has 1 aromatic carbocycles. The van der Waals surface area contributed by atoms with E-state index in [0.29, 0.717) is 11.1 Å². The van der Waals surface area contributed by atoms with E-state index in [1.807, 2.05) is 20.8 Å². The molecule has 0 aliphatic heterocycles. The summed E-state index contributed by atoms with van der Waals surface area (Å²) in [6, 6.07) is 7.85. The van der Waals surface area contributed by atoms with Crippen LogP contribution in [-0.2, 0) is 15.4 Å². The summed E-state index contributed by atoms with van der Waals surface area (Å²) in [5.41, 5.74) is -0.438. The minimum Gasteiger partial charge on any atom is -0.437 e. The summed E-state index contributed by atoms with van der Waals surface area (Å²) >= 11 is 0. The van der Waals surface area contributed by atoms with Crippen molar-refractivity contribution in [3.63, 3.8) is 0 Å². The van der Waals surface area contributed by atoms with Crippen molar-refractivity contribution in [2.45, 2.75) is 57.5 Å². The van der Waals surface area contributed by atoms with Gasteiger partial charge in [-0.3, -0.25) is 9.78 Å². The lowest BCUT2D eigenvalue weighted by Gasteiger charge is -2.22. The van der Waals surface area contributed by atoms with Gasteiger partial charge in [-0.1, -0.05) is 19.1 Å². The molecular formula is C25H30F2N4O5S. The molecule has 0 saturated carbocycles. The maximum Gasteiger partial charge on any atom is 0.284 e. The molecular weight excluding hydrogens is 506 g/mol. The maximum atomic E-state index is 13.5. The SMILES string of the molecule is CCS(=O)(=O)c1ccc(C(CO)NC(=O)c2nn(C(C)(C)C)c(Oc3cccnc3C(F)F)c2C)cc1. The van der Waals surface area contributed by atoms with Crippen LogP contribution in [0.15, 0.2) is 47.5 Å². The van der Waals surface area contributed by atoms with E-state index in [9.17, 15) is 27.1 Å². The number of benzene rings is 1. The number of carbonyl (C=O) groups is 1. The smallest absolute Gasteiger partial charge is 0.284 e. The predicted molar refractivity (Wildman–Crippen MR) is 133 cm³/mol. The average molecular weight is 537 g/mol. The van der Waals surface area contributed by atoms with Crippen molar-refractivity contribution in [2.24, 2.45) is 0 Å². The molecule has 2 N–H and O–H groups in total. The molecule has 0 aliphatic carbocycles. The summed E-state index contributed by atoms with van der Waals surface area (Å²) in [6.45, 7) is 8.10. The Morgan fingerprint density at radius 3 is 2.38 bits per heavy atom. The molecule has 0 bridgehead atoms. The fourth-order valence-corrected chi connectivity index (χ4v) is 4.45. The van der Waals surface area contributed by atoms with Crippen LogP contribution in [0, 0.1) is 6.92 Å². The molecule has 12 heteroatoms. The van der Waals surface area contributed by atoms with Crippen LogP contribution in [0.25, 0.3) is 0 Å². The van der Waals surface area contributed by atoms with Gasteiger partial charge in [-0.25, -0.2) is 21.9 Å². The Morgan fingerprint density at radius 2 is 1.84 bits per heavy atom. The van der Waals surface area contributed by atoms with Crippen molar-refractivity contribution >= 4 is 15.7 Å². The number of halogens is 2. The third-order valence-corrected chi connectivity index (χ3v) is 7.39. The molecule has 9 nitrogen and oxygen atoms in total. The topological polar surface area (TPSA) is 123 Å². The number of aliphatic hydroxyl groups is 1. The lowest BCUT2D eigenvalue weighted by atomic mass is 10.1. The molecule has 3 aromatic rings. The van der Waals surface area contributed by atoms with E-state index in [0.717, 1.165) is 0 Å². The summed E-state index contributed by atoms with van der Waals surface area (Å²) in [6.07, 6.45) is -1.63. The van der Waals surface area contributed by atoms with E-state index in [-0.39, 0.29) is 28.0 Å². The first-order chi connectivity index (χ1) is 17.3. The molecule has 0 spiro atoms. The van der Waals surface area contributed by atoms with E-state index in [1.54, 1.807) is 13.8 Å². The van der Waals surface area contributed by atoms with Crippen molar-refractivity contribution < 1.29 is 31.8 Å². The summed E-state index contributed by atoms with van der Waals surface area (Å²) in [7, 11) is -3.40. The van der Waals surface area contributed by atoms with Gasteiger partial charge in [0.1, 0.15) is 5.69 Å². The van der Waals surface area contributed by atoms with Gasteiger partial charge in [0, 0.05) is 11.8 Å². The second-order valence-electron chi connectivity index (χ2n) is 9.33. The highest BCUT2D eigenvalue weighted by molar-refractivity contribution is 7.91. The number of alkyl halides is 2. The zero-order valence-electron chi connectivity index (χ0n) is 21.2. The Labute approximate surface area is 214 Å². The second-order valence-corrected chi connectivity index (χ2v) is 11.6. The Kier molecular flexibility index (Phi) is 8.33. The van der Waals surface area contributed by atoms with Gasteiger partial charge in [-0.05, 0) is 57.5 Å². The standard InChI is InChI=1S/C25H30F2N4O5S/c1-6-37(34,35)17-11-9-16(10-12-17)18(14-32)29-23(33)20-15(2)24(31(30-20)25(3,4)5)36-19-8-7-13-28-21(19)22(26)27/h7-13,18,22,32H,6,14H2,1-5H3,(H,29,33). The van der Waals surface area contributed by atoms with E-state index in [2.05, 4.69) is 15.4 Å². The molecule has 0 radical (unpaired) electrons. The summed E-state index contributed by atoms with van der Waals surface area (Å²) in [5, 5.41) is 17.0. The number of nitrogens with zero attached hydrogens (tertiary/aromatic N) is 3. The highest BCUT2D eigenvalue weighted by Gasteiger charge is 2.30. The largest absolute Gasteiger partial charge is 0.437 e. The summed E-state index contributed by atoms with van der Waals surface area (Å²) in [4.78, 5) is 17.1. The van der Waals surface area contributed by atoms with E-state index >= 15 is 0 Å². The zero-order valence-corrected chi connectivity index (χ0v) is 22.0. The number of ether oxygens (including phenoxy) is 1. The Bertz CT molecular complexity index is 1370. The molecule has 1 atom stereocenters. The van der Waals surface area contributed by atoms with Crippen molar-refractivity contribution in [2.75, 3.05) is 12.4 Å². The molecule has 2 heterocycles. The van der Waals surface area contributed by atoms with Crippen LogP contribution in [0.2, 0.25) is 0 Å². The number of sulfone groups is 1. The second kappa shape index (κ2) is 10.9. The van der Waals surface area contributed by atoms with Gasteiger partial charge < -0.3 is 15.2 Å². The lowest BCUT2D eigenvalue weighted by Crippen LogP contribution is -2.32. The number of pyridine rings is 1. The quantitative estimate of drug-likeness (QED) is 0.417. The number of hydrogen-bond donors (Lipinski definition) is 2. The Morgan fingerprint density at radius 1 is 1.19 bits per heavy atom. The number of carbonyl (C=O) groups excluding carboxylic acids is 1. The number of aromatic nitrogens is 3. The van der Waals surface area contributed by atoms with Gasteiger partial charge >= 0.3 is 0 Å². The van der Waals surface area contributed by atoms with Crippen LogP contribution >= 0.6 is 0 Å². The van der Waals surface area contributed by atoms with Crippen LogP contribution in [0.3, 0.4) is 0 Å². The highest BCUT2D eigenvalue weighted by atomic mass is 32.2. The van der Waals surface area contributed by atoms with Gasteiger partial charge in [-0.2, -0.15) is 5.10 Å². The van der Waals surface area contributed by atoms with Crippen molar-refractivity contribution in [1.29, 1.82) is 0 Å². The predicted octanol–water partition coefficient (Wildman–Crippen LogP) is 4.33. The van der Waals surface area contributed by atoms with Gasteiger partial charge in [0.2, 0.25) is 5.88 Å². The van der Waals surface area contributed by atoms with Crippen LogP contribution in [-0.4, -0.2) is 46.6 Å². The van der Waals surface area contributed by atoms with Gasteiger partial charge in [0.25, 0.3) is 12.3 Å². The molecule has 1 amide bonds. The average Bonchev–Trinajstić information content (AvgIpc) is 3.19. The van der Waals surface area contributed by atoms with E-state index in [4.69, 9.17) is 4.74 Å². The van der Waals surface area contributed by atoms with Crippen LogP contribution in [0.1, 0.15) is 67.5 Å². The van der Waals surface area contributed by atoms with Crippen molar-refractivity contribution in [3.05, 3.63) is 65.1 Å². The lowest BCUT2D eigenvalue weighted by molar-refractivity contribution is 0.0909. The first-order valence-corrected chi connectivity index (χ1v) is 13.2. The van der Waals surface area contributed by atoms with Crippen LogP contribution in [0.4, 0.5) is 8.78 Å². The molecule has 37 heavy (non-hydrogen) atoms. The number of amides is 1. The van der Waals surface area contributed by atoms with Gasteiger partial charge in [0.05, 0.1) is 28.8 Å². The van der Waals surface area contributed by atoms with E-state index < -0.39 is 46.1 Å². The number of nitrogens with one attached hydrogen (secondary N) is 1. The molecule has 0 fully saturated rings. The third-order valence-electron chi connectivity index (χ3n) is 5.64. The summed E-state index contributed by atoms with van der Waals surface area (Å²) < 4.78 is 58.3. The molecule has 3 rings (SSSR count). The highest BCUT2D eigenvalue weighted by Crippen LogP contribution is 2.35. The maximum absolute atomic E-state index is 13.5. The Balaban J connectivity index is 1.94. The normalized spacial score (nSPS) is 13.0. The van der Waals surface area contributed by atoms with Crippen LogP contribution < -0.4 is 10.1 Å². The van der Waals surface area contributed by atoms with Gasteiger partial charge in [-0.15, -0.1) is 0 Å². The minimum atomic E-state index is -3.40. The van der Waals surface area contributed by atoms with Gasteiger partial charge in [0.15, 0.2) is 21.3 Å². The number of rotatable bonds is 9. The fourth-order valence-electron chi connectivity index (χ4n) is 3.56. The Hall–Kier alpha value is -3.38. The molecule has 0 aliphatic rings. The fraction of sp³-hybridized carbons (Fsp3) is 0.400. The molecule has 200 valence electrons. The van der Waals surface area contributed by atoms with Crippen LogP contribution in [0.5, 0.6) is 11.6 Å². The molecule has 2 aromatic heterocycles. The first-order valence-electron chi connectivity index (χ1n) is 11.6.